The third kappa shape index (κ3) is 4.33. The smallest absolute Gasteiger partial charge is 0.273 e. The van der Waals surface area contributed by atoms with Crippen molar-refractivity contribution in [2.24, 2.45) is 0 Å². The molecule has 1 aliphatic heterocycles. The molecule has 2 aromatic carbocycles. The van der Waals surface area contributed by atoms with Crippen molar-refractivity contribution >= 4 is 5.91 Å². The van der Waals surface area contributed by atoms with E-state index in [4.69, 9.17) is 4.74 Å². The number of rotatable bonds is 6. The summed E-state index contributed by atoms with van der Waals surface area (Å²) in [6.45, 7) is 0.247. The van der Waals surface area contributed by atoms with E-state index in [1.807, 2.05) is 48.5 Å². The molecule has 1 aliphatic rings. The van der Waals surface area contributed by atoms with E-state index in [1.165, 1.54) is 5.56 Å². The number of para-hydroxylation sites is 1. The summed E-state index contributed by atoms with van der Waals surface area (Å²) in [4.78, 5) is 12.4. The fraction of sp³-hybridized carbons (Fsp3) is 0.200. The zero-order chi connectivity index (χ0) is 18.5. The van der Waals surface area contributed by atoms with E-state index in [9.17, 15) is 4.79 Å². The predicted octanol–water partition coefficient (Wildman–Crippen LogP) is 2.21. The van der Waals surface area contributed by atoms with Crippen molar-refractivity contribution in [1.82, 2.24) is 25.9 Å². The molecule has 1 aromatic heterocycles. The zero-order valence-corrected chi connectivity index (χ0v) is 14.7. The fourth-order valence-electron chi connectivity index (χ4n) is 3.00. The maximum Gasteiger partial charge on any atom is 0.273 e. The van der Waals surface area contributed by atoms with Crippen LogP contribution in [-0.4, -0.2) is 21.9 Å². The van der Waals surface area contributed by atoms with Crippen LogP contribution in [0, 0.1) is 0 Å². The van der Waals surface area contributed by atoms with Gasteiger partial charge in [-0.25, -0.2) is 15.5 Å². The van der Waals surface area contributed by atoms with Crippen LogP contribution < -0.4 is 20.9 Å². The van der Waals surface area contributed by atoms with Crippen molar-refractivity contribution < 1.29 is 9.53 Å². The highest BCUT2D eigenvalue weighted by Gasteiger charge is 2.26. The summed E-state index contributed by atoms with van der Waals surface area (Å²) >= 11 is 0. The van der Waals surface area contributed by atoms with Crippen molar-refractivity contribution in [3.63, 3.8) is 0 Å². The Morgan fingerprint density at radius 3 is 2.59 bits per heavy atom. The predicted molar refractivity (Wildman–Crippen MR) is 101 cm³/mol. The molecule has 0 aliphatic carbocycles. The third-order valence-corrected chi connectivity index (χ3v) is 4.39. The minimum absolute atomic E-state index is 0.159. The lowest BCUT2D eigenvalue weighted by atomic mass is 10.0. The molecule has 3 aromatic rings. The molecule has 1 fully saturated rings. The van der Waals surface area contributed by atoms with E-state index in [0.717, 1.165) is 12.2 Å². The molecular weight excluding hydrogens is 342 g/mol. The quantitative estimate of drug-likeness (QED) is 0.626. The molecular formula is C20H21N5O2. The Bertz CT molecular complexity index is 882. The topological polar surface area (TPSA) is 80.2 Å². The number of ether oxygens (including phenoxy) is 1. The molecule has 4 rings (SSSR count). The highest BCUT2D eigenvalue weighted by molar-refractivity contribution is 5.92. The van der Waals surface area contributed by atoms with Crippen molar-refractivity contribution in [3.05, 3.63) is 84.2 Å². The van der Waals surface area contributed by atoms with Gasteiger partial charge < -0.3 is 10.1 Å². The van der Waals surface area contributed by atoms with Gasteiger partial charge in [0, 0.05) is 18.7 Å². The van der Waals surface area contributed by atoms with Crippen molar-refractivity contribution in [1.29, 1.82) is 0 Å². The summed E-state index contributed by atoms with van der Waals surface area (Å²) in [5, 5.41) is 7.23. The van der Waals surface area contributed by atoms with E-state index in [1.54, 1.807) is 16.9 Å². The van der Waals surface area contributed by atoms with Crippen LogP contribution in [0.5, 0.6) is 5.75 Å². The summed E-state index contributed by atoms with van der Waals surface area (Å²) in [7, 11) is 0. The van der Waals surface area contributed by atoms with Crippen LogP contribution in [0.3, 0.4) is 0 Å². The number of nitrogens with zero attached hydrogens (tertiary/aromatic N) is 2. The molecule has 1 saturated heterocycles. The first-order valence-corrected chi connectivity index (χ1v) is 8.86. The molecule has 2 atom stereocenters. The van der Waals surface area contributed by atoms with Crippen molar-refractivity contribution in [2.45, 2.75) is 25.4 Å². The monoisotopic (exact) mass is 363 g/mol. The normalized spacial score (nSPS) is 19.0. The van der Waals surface area contributed by atoms with Crippen LogP contribution >= 0.6 is 0 Å². The maximum absolute atomic E-state index is 12.4. The Morgan fingerprint density at radius 2 is 1.81 bits per heavy atom. The lowest BCUT2D eigenvalue weighted by Gasteiger charge is -2.11. The molecule has 138 valence electrons. The second-order valence-corrected chi connectivity index (χ2v) is 6.34. The summed E-state index contributed by atoms with van der Waals surface area (Å²) in [6.07, 6.45) is 2.33. The Morgan fingerprint density at radius 1 is 1.07 bits per heavy atom. The van der Waals surface area contributed by atoms with E-state index in [2.05, 4.69) is 33.4 Å². The zero-order valence-electron chi connectivity index (χ0n) is 14.7. The van der Waals surface area contributed by atoms with Gasteiger partial charge in [0.25, 0.3) is 5.91 Å². The minimum atomic E-state index is -0.221. The van der Waals surface area contributed by atoms with Gasteiger partial charge in [-0.3, -0.25) is 4.79 Å². The van der Waals surface area contributed by atoms with Gasteiger partial charge in [0.15, 0.2) is 6.73 Å². The van der Waals surface area contributed by atoms with Crippen LogP contribution in [0.1, 0.15) is 28.5 Å². The van der Waals surface area contributed by atoms with Gasteiger partial charge in [-0.05, 0) is 23.8 Å². The Labute approximate surface area is 157 Å². The molecule has 7 heteroatoms. The van der Waals surface area contributed by atoms with E-state index >= 15 is 0 Å². The van der Waals surface area contributed by atoms with E-state index < -0.39 is 0 Å². The Balaban J connectivity index is 1.29. The highest BCUT2D eigenvalue weighted by Crippen LogP contribution is 2.20. The largest absolute Gasteiger partial charge is 0.471 e. The summed E-state index contributed by atoms with van der Waals surface area (Å²) in [6, 6.07) is 21.5. The summed E-state index contributed by atoms with van der Waals surface area (Å²) < 4.78 is 7.22. The first-order chi connectivity index (χ1) is 13.3. The van der Waals surface area contributed by atoms with Gasteiger partial charge >= 0.3 is 0 Å². The van der Waals surface area contributed by atoms with Crippen LogP contribution in [0.2, 0.25) is 0 Å². The SMILES string of the molecule is O=C(NC1CC(c2ccccc2)NN1)c1ccn(COc2ccccc2)n1. The Hall–Kier alpha value is -3.16. The molecule has 2 heterocycles. The standard InChI is InChI=1S/C20H21N5O2/c26-20(21-19-13-18(22-23-19)15-7-3-1-4-8-15)17-11-12-25(24-17)14-27-16-9-5-2-6-10-16/h1-12,18-19,22-23H,13-14H2,(H,21,26). The van der Waals surface area contributed by atoms with E-state index in [0.29, 0.717) is 5.69 Å². The molecule has 27 heavy (non-hydrogen) atoms. The van der Waals surface area contributed by atoms with Gasteiger partial charge in [0.05, 0.1) is 6.17 Å². The molecule has 2 unspecified atom stereocenters. The number of nitrogens with one attached hydrogen (secondary N) is 3. The average molecular weight is 363 g/mol. The highest BCUT2D eigenvalue weighted by atomic mass is 16.5. The number of aromatic nitrogens is 2. The number of amides is 1. The number of hydrogen-bond acceptors (Lipinski definition) is 5. The molecule has 0 bridgehead atoms. The van der Waals surface area contributed by atoms with Crippen LogP contribution in [0.25, 0.3) is 0 Å². The van der Waals surface area contributed by atoms with Gasteiger partial charge in [0.1, 0.15) is 11.4 Å². The van der Waals surface area contributed by atoms with Crippen molar-refractivity contribution in [2.75, 3.05) is 0 Å². The van der Waals surface area contributed by atoms with Crippen LogP contribution in [0.4, 0.5) is 0 Å². The number of hydrazine groups is 1. The first kappa shape index (κ1) is 17.3. The lowest BCUT2D eigenvalue weighted by Crippen LogP contribution is -2.44. The maximum atomic E-state index is 12.4. The van der Waals surface area contributed by atoms with E-state index in [-0.39, 0.29) is 24.8 Å². The second-order valence-electron chi connectivity index (χ2n) is 6.34. The number of benzene rings is 2. The Kier molecular flexibility index (Phi) is 5.13. The molecule has 0 saturated carbocycles. The van der Waals surface area contributed by atoms with Gasteiger partial charge in [0.2, 0.25) is 0 Å². The minimum Gasteiger partial charge on any atom is -0.471 e. The molecule has 3 N–H and O–H groups in total. The van der Waals surface area contributed by atoms with Crippen molar-refractivity contribution in [3.8, 4) is 5.75 Å². The molecule has 7 nitrogen and oxygen atoms in total. The molecule has 0 spiro atoms. The molecule has 1 amide bonds. The van der Waals surface area contributed by atoms with Crippen LogP contribution in [0.15, 0.2) is 72.9 Å². The number of carbonyl (C=O) groups is 1. The fourth-order valence-corrected chi connectivity index (χ4v) is 3.00. The number of carbonyl (C=O) groups excluding carboxylic acids is 1. The summed E-state index contributed by atoms with van der Waals surface area (Å²) in [5.74, 6) is 0.536. The third-order valence-electron chi connectivity index (χ3n) is 4.39. The first-order valence-electron chi connectivity index (χ1n) is 8.86. The van der Waals surface area contributed by atoms with Crippen LogP contribution in [-0.2, 0) is 6.73 Å². The van der Waals surface area contributed by atoms with Gasteiger partial charge in [-0.1, -0.05) is 48.5 Å². The molecule has 0 radical (unpaired) electrons. The van der Waals surface area contributed by atoms with Gasteiger partial charge in [-0.2, -0.15) is 5.10 Å². The lowest BCUT2D eigenvalue weighted by molar-refractivity contribution is 0.0925. The summed E-state index contributed by atoms with van der Waals surface area (Å²) in [5.41, 5.74) is 7.87. The second kappa shape index (κ2) is 8.03. The van der Waals surface area contributed by atoms with Gasteiger partial charge in [-0.15, -0.1) is 0 Å². The average Bonchev–Trinajstić information content (AvgIpc) is 3.38. The number of hydrogen-bond donors (Lipinski definition) is 3.